The lowest BCUT2D eigenvalue weighted by Crippen LogP contribution is -2.39. The van der Waals surface area contributed by atoms with Crippen molar-refractivity contribution in [3.63, 3.8) is 0 Å². The zero-order valence-corrected chi connectivity index (χ0v) is 12.1. The van der Waals surface area contributed by atoms with Gasteiger partial charge in [0.25, 0.3) is 0 Å². The van der Waals surface area contributed by atoms with Crippen LogP contribution >= 0.6 is 0 Å². The summed E-state index contributed by atoms with van der Waals surface area (Å²) in [6.07, 6.45) is -0.319. The molecule has 0 saturated heterocycles. The largest absolute Gasteiger partial charge is 0.451 e. The van der Waals surface area contributed by atoms with Crippen molar-refractivity contribution in [2.45, 2.75) is 44.8 Å². The topological polar surface area (TPSA) is 67.1 Å². The standard InChI is InChI=1S/C13H20F3N5/c1-8-5-3-4-6-9(8)21(2)11-7-10(20-17)18-12(19-11)13(14,15)16/h7-9H,3-6,17H2,1-2H3,(H,18,19,20). The predicted octanol–water partition coefficient (Wildman–Crippen LogP) is 2.80. The molecule has 0 aliphatic heterocycles. The Morgan fingerprint density at radius 1 is 1.29 bits per heavy atom. The highest BCUT2D eigenvalue weighted by molar-refractivity contribution is 5.49. The predicted molar refractivity (Wildman–Crippen MR) is 74.7 cm³/mol. The molecule has 0 aromatic carbocycles. The first-order valence-electron chi connectivity index (χ1n) is 6.98. The van der Waals surface area contributed by atoms with E-state index in [1.165, 1.54) is 12.5 Å². The average molecular weight is 303 g/mol. The molecule has 2 rings (SSSR count). The lowest BCUT2D eigenvalue weighted by Gasteiger charge is -2.37. The fraction of sp³-hybridized carbons (Fsp3) is 0.692. The lowest BCUT2D eigenvalue weighted by atomic mass is 9.85. The number of aromatic nitrogens is 2. The number of nitrogens with zero attached hydrogens (tertiary/aromatic N) is 3. The van der Waals surface area contributed by atoms with Gasteiger partial charge in [0, 0.05) is 19.2 Å². The fourth-order valence-corrected chi connectivity index (χ4v) is 2.86. The van der Waals surface area contributed by atoms with Gasteiger partial charge in [0.05, 0.1) is 0 Å². The van der Waals surface area contributed by atoms with Crippen molar-refractivity contribution in [2.75, 3.05) is 17.4 Å². The third-order valence-corrected chi connectivity index (χ3v) is 4.04. The van der Waals surface area contributed by atoms with E-state index in [1.807, 2.05) is 4.90 Å². The fourth-order valence-electron chi connectivity index (χ4n) is 2.86. The van der Waals surface area contributed by atoms with Gasteiger partial charge in [-0.05, 0) is 18.8 Å². The summed E-state index contributed by atoms with van der Waals surface area (Å²) >= 11 is 0. The molecule has 1 aromatic rings. The highest BCUT2D eigenvalue weighted by Gasteiger charge is 2.36. The van der Waals surface area contributed by atoms with Gasteiger partial charge in [0.1, 0.15) is 11.6 Å². The normalized spacial score (nSPS) is 23.0. The monoisotopic (exact) mass is 303 g/mol. The van der Waals surface area contributed by atoms with E-state index < -0.39 is 12.0 Å². The van der Waals surface area contributed by atoms with Crippen LogP contribution in [0.3, 0.4) is 0 Å². The minimum absolute atomic E-state index is 0.0392. The molecule has 2 atom stereocenters. The number of nitrogen functional groups attached to an aromatic ring is 1. The van der Waals surface area contributed by atoms with Gasteiger partial charge in [-0.3, -0.25) is 0 Å². The summed E-state index contributed by atoms with van der Waals surface area (Å²) in [4.78, 5) is 8.83. The van der Waals surface area contributed by atoms with E-state index in [0.29, 0.717) is 5.92 Å². The highest BCUT2D eigenvalue weighted by atomic mass is 19.4. The molecule has 2 unspecified atom stereocenters. The van der Waals surface area contributed by atoms with Crippen LogP contribution in [0.5, 0.6) is 0 Å². The van der Waals surface area contributed by atoms with Crippen molar-refractivity contribution in [3.8, 4) is 0 Å². The zero-order chi connectivity index (χ0) is 15.6. The number of halogens is 3. The van der Waals surface area contributed by atoms with Crippen molar-refractivity contribution in [1.29, 1.82) is 0 Å². The molecule has 1 saturated carbocycles. The molecule has 21 heavy (non-hydrogen) atoms. The van der Waals surface area contributed by atoms with Crippen LogP contribution in [0, 0.1) is 5.92 Å². The molecule has 8 heteroatoms. The first-order chi connectivity index (χ1) is 9.82. The van der Waals surface area contributed by atoms with Gasteiger partial charge in [-0.25, -0.2) is 15.8 Å². The third kappa shape index (κ3) is 3.55. The minimum Gasteiger partial charge on any atom is -0.356 e. The number of hydrazine groups is 1. The third-order valence-electron chi connectivity index (χ3n) is 4.04. The summed E-state index contributed by atoms with van der Waals surface area (Å²) < 4.78 is 38.6. The Balaban J connectivity index is 2.33. The van der Waals surface area contributed by atoms with E-state index in [2.05, 4.69) is 22.3 Å². The van der Waals surface area contributed by atoms with E-state index in [9.17, 15) is 13.2 Å². The molecule has 0 bridgehead atoms. The molecule has 1 aliphatic carbocycles. The molecule has 1 aliphatic rings. The number of alkyl halides is 3. The molecule has 0 spiro atoms. The maximum absolute atomic E-state index is 12.9. The van der Waals surface area contributed by atoms with Crippen molar-refractivity contribution >= 4 is 11.6 Å². The first-order valence-corrected chi connectivity index (χ1v) is 6.98. The van der Waals surface area contributed by atoms with E-state index in [0.717, 1.165) is 19.3 Å². The Bertz CT molecular complexity index is 491. The highest BCUT2D eigenvalue weighted by Crippen LogP contribution is 2.33. The maximum Gasteiger partial charge on any atom is 0.451 e. The summed E-state index contributed by atoms with van der Waals surface area (Å²) in [5.74, 6) is 4.65. The van der Waals surface area contributed by atoms with Gasteiger partial charge >= 0.3 is 6.18 Å². The first kappa shape index (κ1) is 15.8. The molecule has 0 radical (unpaired) electrons. The SMILES string of the molecule is CC1CCCCC1N(C)c1cc(NN)nc(C(F)(F)F)n1. The number of nitrogens with one attached hydrogen (secondary N) is 1. The Hall–Kier alpha value is -1.57. The number of rotatable bonds is 3. The molecular weight excluding hydrogens is 283 g/mol. The van der Waals surface area contributed by atoms with Crippen molar-refractivity contribution in [1.82, 2.24) is 9.97 Å². The molecule has 1 aromatic heterocycles. The Morgan fingerprint density at radius 2 is 1.95 bits per heavy atom. The smallest absolute Gasteiger partial charge is 0.356 e. The number of hydrogen-bond donors (Lipinski definition) is 2. The van der Waals surface area contributed by atoms with Gasteiger partial charge < -0.3 is 10.3 Å². The summed E-state index contributed by atoms with van der Waals surface area (Å²) in [6, 6.07) is 1.62. The minimum atomic E-state index is -4.60. The second-order valence-corrected chi connectivity index (χ2v) is 5.52. The van der Waals surface area contributed by atoms with E-state index in [1.54, 1.807) is 7.05 Å². The van der Waals surface area contributed by atoms with Crippen LogP contribution in [-0.4, -0.2) is 23.1 Å². The Morgan fingerprint density at radius 3 is 2.52 bits per heavy atom. The van der Waals surface area contributed by atoms with Crippen LogP contribution in [-0.2, 0) is 6.18 Å². The molecule has 1 fully saturated rings. The van der Waals surface area contributed by atoms with Gasteiger partial charge in [-0.2, -0.15) is 13.2 Å². The Kier molecular flexibility index (Phi) is 4.55. The van der Waals surface area contributed by atoms with Crippen LogP contribution in [0.15, 0.2) is 6.07 Å². The average Bonchev–Trinajstić information content (AvgIpc) is 2.45. The zero-order valence-electron chi connectivity index (χ0n) is 12.1. The maximum atomic E-state index is 12.9. The van der Waals surface area contributed by atoms with Crippen LogP contribution in [0.4, 0.5) is 24.8 Å². The summed E-state index contributed by atoms with van der Waals surface area (Å²) in [5.41, 5.74) is 2.17. The quantitative estimate of drug-likeness (QED) is 0.664. The molecular formula is C13H20F3N5. The van der Waals surface area contributed by atoms with Crippen molar-refractivity contribution in [2.24, 2.45) is 11.8 Å². The number of nitrogens with two attached hydrogens (primary N) is 1. The summed E-state index contributed by atoms with van der Waals surface area (Å²) in [7, 11) is 1.77. The van der Waals surface area contributed by atoms with Crippen LogP contribution in [0.2, 0.25) is 0 Å². The van der Waals surface area contributed by atoms with Crippen LogP contribution in [0.25, 0.3) is 0 Å². The molecule has 1 heterocycles. The lowest BCUT2D eigenvalue weighted by molar-refractivity contribution is -0.144. The van der Waals surface area contributed by atoms with Gasteiger partial charge in [0.15, 0.2) is 0 Å². The van der Waals surface area contributed by atoms with Crippen LogP contribution in [0.1, 0.15) is 38.4 Å². The van der Waals surface area contributed by atoms with Crippen molar-refractivity contribution < 1.29 is 13.2 Å². The second-order valence-electron chi connectivity index (χ2n) is 5.52. The molecule has 0 amide bonds. The molecule has 118 valence electrons. The van der Waals surface area contributed by atoms with Gasteiger partial charge in [-0.1, -0.05) is 19.8 Å². The summed E-state index contributed by atoms with van der Waals surface area (Å²) in [5, 5.41) is 0. The number of anilines is 2. The molecule has 3 N–H and O–H groups in total. The van der Waals surface area contributed by atoms with E-state index in [4.69, 9.17) is 5.84 Å². The van der Waals surface area contributed by atoms with Crippen LogP contribution < -0.4 is 16.2 Å². The van der Waals surface area contributed by atoms with Crippen molar-refractivity contribution in [3.05, 3.63) is 11.9 Å². The van der Waals surface area contributed by atoms with Gasteiger partial charge in [-0.15, -0.1) is 0 Å². The van der Waals surface area contributed by atoms with E-state index >= 15 is 0 Å². The number of hydrogen-bond acceptors (Lipinski definition) is 5. The van der Waals surface area contributed by atoms with E-state index in [-0.39, 0.29) is 17.7 Å². The second kappa shape index (κ2) is 6.05. The summed E-state index contributed by atoms with van der Waals surface area (Å²) in [6.45, 7) is 2.12. The molecule has 5 nitrogen and oxygen atoms in total. The Labute approximate surface area is 121 Å². The van der Waals surface area contributed by atoms with Gasteiger partial charge in [0.2, 0.25) is 5.82 Å².